The fourth-order valence-electron chi connectivity index (χ4n) is 2.31. The standard InChI is InChI=1S/C20H24FN3O3/c1-14(27-18-10-8-17(21)9-11-18)12-23-20(22-2)24-13-15-4-6-16(7-5-15)19(25)26-3/h4-11,14H,12-13H2,1-3H3,(H2,22,23,24). The SMILES string of the molecule is CN=C(NCc1ccc(C(=O)OC)cc1)NCC(C)Oc1ccc(F)cc1. The van der Waals surface area contributed by atoms with Crippen LogP contribution in [0.25, 0.3) is 0 Å². The second-order valence-electron chi connectivity index (χ2n) is 5.88. The third-order valence-electron chi connectivity index (χ3n) is 3.77. The van der Waals surface area contributed by atoms with E-state index >= 15 is 0 Å². The van der Waals surface area contributed by atoms with Crippen LogP contribution in [0.1, 0.15) is 22.8 Å². The van der Waals surface area contributed by atoms with Gasteiger partial charge in [-0.05, 0) is 48.9 Å². The number of hydrogen-bond donors (Lipinski definition) is 2. The number of guanidine groups is 1. The molecule has 2 aromatic carbocycles. The zero-order valence-corrected chi connectivity index (χ0v) is 15.7. The van der Waals surface area contributed by atoms with Crippen molar-refractivity contribution in [2.45, 2.75) is 19.6 Å². The summed E-state index contributed by atoms with van der Waals surface area (Å²) in [5.74, 6) is 0.584. The van der Waals surface area contributed by atoms with E-state index in [9.17, 15) is 9.18 Å². The summed E-state index contributed by atoms with van der Waals surface area (Å²) in [4.78, 5) is 15.6. The van der Waals surface area contributed by atoms with Gasteiger partial charge in [0.15, 0.2) is 5.96 Å². The van der Waals surface area contributed by atoms with Gasteiger partial charge in [0.25, 0.3) is 0 Å². The Bertz CT molecular complexity index is 761. The summed E-state index contributed by atoms with van der Waals surface area (Å²) in [6.45, 7) is 2.99. The van der Waals surface area contributed by atoms with Crippen LogP contribution in [0.15, 0.2) is 53.5 Å². The van der Waals surface area contributed by atoms with Gasteiger partial charge in [-0.3, -0.25) is 4.99 Å². The zero-order chi connectivity index (χ0) is 19.6. The topological polar surface area (TPSA) is 72.0 Å². The van der Waals surface area contributed by atoms with Crippen LogP contribution >= 0.6 is 0 Å². The molecule has 144 valence electrons. The molecule has 1 unspecified atom stereocenters. The number of carbonyl (C=O) groups excluding carboxylic acids is 1. The molecule has 27 heavy (non-hydrogen) atoms. The highest BCUT2D eigenvalue weighted by molar-refractivity contribution is 5.89. The second-order valence-corrected chi connectivity index (χ2v) is 5.88. The summed E-state index contributed by atoms with van der Waals surface area (Å²) in [5, 5.41) is 6.37. The Morgan fingerprint density at radius 3 is 2.37 bits per heavy atom. The van der Waals surface area contributed by atoms with E-state index in [1.807, 2.05) is 19.1 Å². The summed E-state index contributed by atoms with van der Waals surface area (Å²) < 4.78 is 23.3. The fourth-order valence-corrected chi connectivity index (χ4v) is 2.31. The Hall–Kier alpha value is -3.09. The number of aliphatic imine (C=N–C) groups is 1. The van der Waals surface area contributed by atoms with Gasteiger partial charge in [-0.25, -0.2) is 9.18 Å². The van der Waals surface area contributed by atoms with E-state index in [-0.39, 0.29) is 17.9 Å². The quantitative estimate of drug-likeness (QED) is 0.444. The highest BCUT2D eigenvalue weighted by Crippen LogP contribution is 2.12. The van der Waals surface area contributed by atoms with Gasteiger partial charge in [0.05, 0.1) is 19.2 Å². The summed E-state index contributed by atoms with van der Waals surface area (Å²) in [6.07, 6.45) is -0.131. The summed E-state index contributed by atoms with van der Waals surface area (Å²) in [6, 6.07) is 13.1. The maximum atomic E-state index is 12.9. The average molecular weight is 373 g/mol. The molecule has 0 bridgehead atoms. The first-order chi connectivity index (χ1) is 13.0. The second kappa shape index (κ2) is 10.2. The number of hydrogen-bond acceptors (Lipinski definition) is 4. The van der Waals surface area contributed by atoms with E-state index in [1.165, 1.54) is 19.2 Å². The normalized spacial score (nSPS) is 12.2. The molecule has 0 radical (unpaired) electrons. The highest BCUT2D eigenvalue weighted by Gasteiger charge is 2.07. The van der Waals surface area contributed by atoms with Crippen molar-refractivity contribution < 1.29 is 18.7 Å². The molecule has 0 amide bonds. The van der Waals surface area contributed by atoms with Crippen LogP contribution in [0.2, 0.25) is 0 Å². The first-order valence-corrected chi connectivity index (χ1v) is 8.56. The smallest absolute Gasteiger partial charge is 0.337 e. The van der Waals surface area contributed by atoms with Gasteiger partial charge in [0, 0.05) is 13.6 Å². The Labute approximate surface area is 158 Å². The van der Waals surface area contributed by atoms with Crippen LogP contribution in [0.5, 0.6) is 5.75 Å². The molecule has 0 spiro atoms. The maximum Gasteiger partial charge on any atom is 0.337 e. The molecule has 6 nitrogen and oxygen atoms in total. The molecule has 2 rings (SSSR count). The lowest BCUT2D eigenvalue weighted by molar-refractivity contribution is 0.0600. The minimum absolute atomic E-state index is 0.131. The molecule has 2 N–H and O–H groups in total. The zero-order valence-electron chi connectivity index (χ0n) is 15.7. The number of nitrogens with one attached hydrogen (secondary N) is 2. The average Bonchev–Trinajstić information content (AvgIpc) is 2.69. The third kappa shape index (κ3) is 6.62. The van der Waals surface area contributed by atoms with Crippen molar-refractivity contribution in [3.8, 4) is 5.75 Å². The molecule has 0 saturated carbocycles. The van der Waals surface area contributed by atoms with E-state index in [0.29, 0.717) is 30.4 Å². The van der Waals surface area contributed by atoms with Crippen LogP contribution in [0.3, 0.4) is 0 Å². The van der Waals surface area contributed by atoms with Crippen LogP contribution in [0, 0.1) is 5.82 Å². The van der Waals surface area contributed by atoms with E-state index in [0.717, 1.165) is 5.56 Å². The lowest BCUT2D eigenvalue weighted by Gasteiger charge is -2.18. The number of halogens is 1. The van der Waals surface area contributed by atoms with Crippen molar-refractivity contribution in [3.63, 3.8) is 0 Å². The molecule has 0 aromatic heterocycles. The van der Waals surface area contributed by atoms with Crippen molar-refractivity contribution >= 4 is 11.9 Å². The Morgan fingerprint density at radius 1 is 1.11 bits per heavy atom. The largest absolute Gasteiger partial charge is 0.489 e. The molecule has 0 fully saturated rings. The van der Waals surface area contributed by atoms with Crippen LogP contribution in [-0.2, 0) is 11.3 Å². The van der Waals surface area contributed by atoms with Gasteiger partial charge < -0.3 is 20.1 Å². The molecule has 0 saturated heterocycles. The number of esters is 1. The Morgan fingerprint density at radius 2 is 1.78 bits per heavy atom. The number of methoxy groups -OCH3 is 1. The first-order valence-electron chi connectivity index (χ1n) is 8.56. The maximum absolute atomic E-state index is 12.9. The number of nitrogens with zero attached hydrogens (tertiary/aromatic N) is 1. The number of benzene rings is 2. The van der Waals surface area contributed by atoms with Crippen LogP contribution in [-0.4, -0.2) is 38.7 Å². The van der Waals surface area contributed by atoms with Gasteiger partial charge in [-0.1, -0.05) is 12.1 Å². The van der Waals surface area contributed by atoms with Gasteiger partial charge >= 0.3 is 5.97 Å². The Balaban J connectivity index is 1.78. The summed E-state index contributed by atoms with van der Waals surface area (Å²) in [7, 11) is 3.04. The third-order valence-corrected chi connectivity index (χ3v) is 3.77. The predicted molar refractivity (Wildman–Crippen MR) is 102 cm³/mol. The number of ether oxygens (including phenoxy) is 2. The molecule has 2 aromatic rings. The van der Waals surface area contributed by atoms with Crippen LogP contribution in [0.4, 0.5) is 4.39 Å². The Kier molecular flexibility index (Phi) is 7.61. The molecule has 0 heterocycles. The fraction of sp³-hybridized carbons (Fsp3) is 0.300. The van der Waals surface area contributed by atoms with E-state index in [2.05, 4.69) is 20.4 Å². The summed E-state index contributed by atoms with van der Waals surface area (Å²) in [5.41, 5.74) is 1.51. The molecular formula is C20H24FN3O3. The van der Waals surface area contributed by atoms with Crippen molar-refractivity contribution in [1.29, 1.82) is 0 Å². The van der Waals surface area contributed by atoms with Gasteiger partial charge in [-0.2, -0.15) is 0 Å². The number of rotatable bonds is 7. The van der Waals surface area contributed by atoms with Crippen LogP contribution < -0.4 is 15.4 Å². The molecule has 0 aliphatic rings. The van der Waals surface area contributed by atoms with Crippen molar-refractivity contribution in [2.24, 2.45) is 4.99 Å². The van der Waals surface area contributed by atoms with E-state index in [4.69, 9.17) is 4.74 Å². The highest BCUT2D eigenvalue weighted by atomic mass is 19.1. The number of carbonyl (C=O) groups is 1. The minimum Gasteiger partial charge on any atom is -0.489 e. The van der Waals surface area contributed by atoms with Crippen molar-refractivity contribution in [2.75, 3.05) is 20.7 Å². The molecule has 0 aliphatic carbocycles. The monoisotopic (exact) mass is 373 g/mol. The summed E-state index contributed by atoms with van der Waals surface area (Å²) >= 11 is 0. The first kappa shape index (κ1) is 20.2. The lowest BCUT2D eigenvalue weighted by atomic mass is 10.1. The molecular weight excluding hydrogens is 349 g/mol. The van der Waals surface area contributed by atoms with Crippen molar-refractivity contribution in [3.05, 3.63) is 65.5 Å². The predicted octanol–water partition coefficient (Wildman–Crippen LogP) is 2.74. The molecule has 0 aliphatic heterocycles. The van der Waals surface area contributed by atoms with Gasteiger partial charge in [-0.15, -0.1) is 0 Å². The molecule has 1 atom stereocenters. The molecule has 7 heteroatoms. The van der Waals surface area contributed by atoms with E-state index in [1.54, 1.807) is 31.3 Å². The van der Waals surface area contributed by atoms with Gasteiger partial charge in [0.1, 0.15) is 17.7 Å². The van der Waals surface area contributed by atoms with Gasteiger partial charge in [0.2, 0.25) is 0 Å². The lowest BCUT2D eigenvalue weighted by Crippen LogP contribution is -2.41. The minimum atomic E-state index is -0.359. The van der Waals surface area contributed by atoms with E-state index < -0.39 is 0 Å². The van der Waals surface area contributed by atoms with Crippen molar-refractivity contribution in [1.82, 2.24) is 10.6 Å².